The summed E-state index contributed by atoms with van der Waals surface area (Å²) in [6.45, 7) is 0.904. The van der Waals surface area contributed by atoms with Gasteiger partial charge in [-0.05, 0) is 42.5 Å². The lowest BCUT2D eigenvalue weighted by molar-refractivity contribution is -0.117. The van der Waals surface area contributed by atoms with Crippen molar-refractivity contribution < 1.29 is 13.9 Å². The fraction of sp³-hybridized carbons (Fsp3) is 0.200. The lowest BCUT2D eigenvalue weighted by Crippen LogP contribution is -2.24. The van der Waals surface area contributed by atoms with Gasteiger partial charge in [-0.3, -0.25) is 4.79 Å². The van der Waals surface area contributed by atoms with E-state index in [2.05, 4.69) is 0 Å². The van der Waals surface area contributed by atoms with Gasteiger partial charge in [0.2, 0.25) is 5.91 Å². The highest BCUT2D eigenvalue weighted by atomic mass is 19.1. The van der Waals surface area contributed by atoms with Crippen LogP contribution in [0.1, 0.15) is 23.7 Å². The zero-order valence-corrected chi connectivity index (χ0v) is 17.2. The summed E-state index contributed by atoms with van der Waals surface area (Å²) in [7, 11) is 1.62. The van der Waals surface area contributed by atoms with Gasteiger partial charge in [0.05, 0.1) is 24.7 Å². The van der Waals surface area contributed by atoms with Gasteiger partial charge in [-0.25, -0.2) is 9.37 Å². The Balaban J connectivity index is 1.51. The van der Waals surface area contributed by atoms with E-state index in [0.29, 0.717) is 25.1 Å². The second kappa shape index (κ2) is 7.87. The molecule has 0 saturated carbocycles. The number of para-hydroxylation sites is 2. The number of anilines is 1. The van der Waals surface area contributed by atoms with Gasteiger partial charge in [0, 0.05) is 30.1 Å². The minimum absolute atomic E-state index is 0.0552. The van der Waals surface area contributed by atoms with E-state index in [4.69, 9.17) is 9.72 Å². The van der Waals surface area contributed by atoms with Gasteiger partial charge >= 0.3 is 0 Å². The molecule has 1 fully saturated rings. The number of carbonyl (C=O) groups excluding carboxylic acids is 1. The van der Waals surface area contributed by atoms with E-state index in [0.717, 1.165) is 28.3 Å². The SMILES string of the molecule is COc1ccc(N2CC(c3nc4ccccc4n3Cc3ccccc3F)CC2=O)cc1. The number of rotatable bonds is 5. The molecule has 2 heterocycles. The zero-order valence-electron chi connectivity index (χ0n) is 17.2. The number of ether oxygens (including phenoxy) is 1. The normalized spacial score (nSPS) is 16.3. The van der Waals surface area contributed by atoms with Crippen LogP contribution in [0.25, 0.3) is 11.0 Å². The predicted octanol–water partition coefficient (Wildman–Crippen LogP) is 4.75. The fourth-order valence-electron chi connectivity index (χ4n) is 4.26. The van der Waals surface area contributed by atoms with Crippen LogP contribution < -0.4 is 9.64 Å². The highest BCUT2D eigenvalue weighted by Gasteiger charge is 2.35. The summed E-state index contributed by atoms with van der Waals surface area (Å²) < 4.78 is 21.7. The van der Waals surface area contributed by atoms with E-state index < -0.39 is 0 Å². The van der Waals surface area contributed by atoms with Crippen LogP contribution in [0, 0.1) is 5.82 Å². The van der Waals surface area contributed by atoms with Crippen molar-refractivity contribution >= 4 is 22.6 Å². The Morgan fingerprint density at radius 3 is 2.55 bits per heavy atom. The molecular formula is C25H22FN3O2. The van der Waals surface area contributed by atoms with Crippen molar-refractivity contribution in [2.24, 2.45) is 0 Å². The first-order chi connectivity index (χ1) is 15.1. The van der Waals surface area contributed by atoms with E-state index in [1.807, 2.05) is 59.2 Å². The summed E-state index contributed by atoms with van der Waals surface area (Å²) in [6, 6.07) is 22.1. The smallest absolute Gasteiger partial charge is 0.227 e. The van der Waals surface area contributed by atoms with Crippen molar-refractivity contribution in [1.29, 1.82) is 0 Å². The van der Waals surface area contributed by atoms with Crippen LogP contribution in [-0.4, -0.2) is 29.1 Å². The molecule has 0 N–H and O–H groups in total. The second-order valence-corrected chi connectivity index (χ2v) is 7.74. The first-order valence-electron chi connectivity index (χ1n) is 10.3. The summed E-state index contributed by atoms with van der Waals surface area (Å²) in [5.74, 6) is 1.30. The van der Waals surface area contributed by atoms with E-state index >= 15 is 0 Å². The maximum Gasteiger partial charge on any atom is 0.227 e. The average molecular weight is 415 g/mol. The Hall–Kier alpha value is -3.67. The number of hydrogen-bond donors (Lipinski definition) is 0. The van der Waals surface area contributed by atoms with Crippen LogP contribution in [0.2, 0.25) is 0 Å². The third-order valence-electron chi connectivity index (χ3n) is 5.84. The number of carbonyl (C=O) groups is 1. The van der Waals surface area contributed by atoms with Crippen LogP contribution in [-0.2, 0) is 11.3 Å². The van der Waals surface area contributed by atoms with E-state index in [1.54, 1.807) is 24.1 Å². The lowest BCUT2D eigenvalue weighted by atomic mass is 10.1. The topological polar surface area (TPSA) is 47.4 Å². The molecule has 1 unspecified atom stereocenters. The van der Waals surface area contributed by atoms with Gasteiger partial charge in [0.1, 0.15) is 17.4 Å². The monoisotopic (exact) mass is 415 g/mol. The van der Waals surface area contributed by atoms with Gasteiger partial charge in [-0.15, -0.1) is 0 Å². The number of benzene rings is 3. The third-order valence-corrected chi connectivity index (χ3v) is 5.84. The summed E-state index contributed by atoms with van der Waals surface area (Å²) in [6.07, 6.45) is 0.368. The number of amides is 1. The first kappa shape index (κ1) is 19.3. The van der Waals surface area contributed by atoms with E-state index in [-0.39, 0.29) is 17.6 Å². The van der Waals surface area contributed by atoms with Gasteiger partial charge in [-0.1, -0.05) is 30.3 Å². The lowest BCUT2D eigenvalue weighted by Gasteiger charge is -2.18. The molecule has 5 nitrogen and oxygen atoms in total. The van der Waals surface area contributed by atoms with Crippen LogP contribution in [0.4, 0.5) is 10.1 Å². The highest BCUT2D eigenvalue weighted by Crippen LogP contribution is 2.34. The van der Waals surface area contributed by atoms with Crippen molar-refractivity contribution in [3.63, 3.8) is 0 Å². The molecule has 5 rings (SSSR count). The van der Waals surface area contributed by atoms with Crippen LogP contribution >= 0.6 is 0 Å². The molecule has 3 aromatic carbocycles. The van der Waals surface area contributed by atoms with Gasteiger partial charge in [-0.2, -0.15) is 0 Å². The minimum Gasteiger partial charge on any atom is -0.497 e. The predicted molar refractivity (Wildman–Crippen MR) is 118 cm³/mol. The third kappa shape index (κ3) is 3.54. The number of aromatic nitrogens is 2. The standard InChI is InChI=1S/C25H22FN3O2/c1-31-20-12-10-19(11-13-20)28-16-18(14-24(28)30)25-27-22-8-4-5-9-23(22)29(25)15-17-6-2-3-7-21(17)26/h2-13,18H,14-16H2,1H3. The molecule has 1 amide bonds. The van der Waals surface area contributed by atoms with E-state index in [1.165, 1.54) is 6.07 Å². The molecule has 1 aliphatic heterocycles. The summed E-state index contributed by atoms with van der Waals surface area (Å²) in [5, 5.41) is 0. The molecule has 0 aliphatic carbocycles. The number of methoxy groups -OCH3 is 1. The molecule has 1 saturated heterocycles. The number of hydrogen-bond acceptors (Lipinski definition) is 3. The van der Waals surface area contributed by atoms with Crippen molar-refractivity contribution in [1.82, 2.24) is 9.55 Å². The second-order valence-electron chi connectivity index (χ2n) is 7.74. The molecule has 1 aliphatic rings. The Bertz CT molecular complexity index is 1250. The first-order valence-corrected chi connectivity index (χ1v) is 10.3. The summed E-state index contributed by atoms with van der Waals surface area (Å²) in [5.41, 5.74) is 3.23. The Morgan fingerprint density at radius 1 is 1.03 bits per heavy atom. The van der Waals surface area contributed by atoms with Crippen LogP contribution in [0.5, 0.6) is 5.75 Å². The van der Waals surface area contributed by atoms with Crippen LogP contribution in [0.15, 0.2) is 72.8 Å². The number of halogens is 1. The molecule has 1 atom stereocenters. The van der Waals surface area contributed by atoms with Crippen molar-refractivity contribution in [3.8, 4) is 5.75 Å². The quantitative estimate of drug-likeness (QED) is 0.473. The van der Waals surface area contributed by atoms with Crippen molar-refractivity contribution in [2.45, 2.75) is 18.9 Å². The molecule has 31 heavy (non-hydrogen) atoms. The molecule has 0 spiro atoms. The van der Waals surface area contributed by atoms with Gasteiger partial charge < -0.3 is 14.2 Å². The summed E-state index contributed by atoms with van der Waals surface area (Å²) in [4.78, 5) is 19.5. The maximum absolute atomic E-state index is 14.4. The average Bonchev–Trinajstić information content (AvgIpc) is 3.36. The molecular weight excluding hydrogens is 393 g/mol. The Kier molecular flexibility index (Phi) is 4.90. The molecule has 1 aromatic heterocycles. The highest BCUT2D eigenvalue weighted by molar-refractivity contribution is 5.96. The zero-order chi connectivity index (χ0) is 21.4. The molecule has 156 valence electrons. The van der Waals surface area contributed by atoms with E-state index in [9.17, 15) is 9.18 Å². The van der Waals surface area contributed by atoms with Crippen molar-refractivity contribution in [3.05, 3.63) is 90.0 Å². The molecule has 0 radical (unpaired) electrons. The number of fused-ring (bicyclic) bond motifs is 1. The maximum atomic E-state index is 14.4. The molecule has 4 aromatic rings. The number of nitrogens with zero attached hydrogens (tertiary/aromatic N) is 3. The van der Waals surface area contributed by atoms with Crippen LogP contribution in [0.3, 0.4) is 0 Å². The Labute approximate surface area is 179 Å². The molecule has 6 heteroatoms. The largest absolute Gasteiger partial charge is 0.497 e. The fourth-order valence-corrected chi connectivity index (χ4v) is 4.26. The summed E-state index contributed by atoms with van der Waals surface area (Å²) >= 11 is 0. The van der Waals surface area contributed by atoms with Gasteiger partial charge in [0.15, 0.2) is 0 Å². The van der Waals surface area contributed by atoms with Crippen molar-refractivity contribution in [2.75, 3.05) is 18.6 Å². The Morgan fingerprint density at radius 2 is 1.77 bits per heavy atom. The van der Waals surface area contributed by atoms with Gasteiger partial charge in [0.25, 0.3) is 0 Å². The minimum atomic E-state index is -0.242. The molecule has 0 bridgehead atoms. The number of imidazole rings is 1.